The zero-order chi connectivity index (χ0) is 21.8. The van der Waals surface area contributed by atoms with Gasteiger partial charge in [-0.05, 0) is 49.1 Å². The fraction of sp³-hybridized carbons (Fsp3) is 0.261. The van der Waals surface area contributed by atoms with Gasteiger partial charge in [0, 0.05) is 28.0 Å². The average Bonchev–Trinajstić information content (AvgIpc) is 3.20. The average molecular weight is 485 g/mol. The summed E-state index contributed by atoms with van der Waals surface area (Å²) in [6.07, 6.45) is 6.75. The monoisotopic (exact) mass is 484 g/mol. The summed E-state index contributed by atoms with van der Waals surface area (Å²) in [6.45, 7) is 0.482. The largest absolute Gasteiger partial charge is 0.383 e. The van der Waals surface area contributed by atoms with Crippen LogP contribution in [0.5, 0.6) is 0 Å². The number of halogens is 2. The van der Waals surface area contributed by atoms with Crippen molar-refractivity contribution in [3.05, 3.63) is 76.4 Å². The van der Waals surface area contributed by atoms with Crippen LogP contribution in [-0.2, 0) is 11.3 Å². The molecule has 0 saturated heterocycles. The minimum absolute atomic E-state index is 0.0719. The summed E-state index contributed by atoms with van der Waals surface area (Å²) in [4.78, 5) is 20.9. The van der Waals surface area contributed by atoms with E-state index in [1.807, 2.05) is 24.3 Å². The number of nitrogen functional groups attached to an aromatic ring is 1. The van der Waals surface area contributed by atoms with Crippen LogP contribution in [0.1, 0.15) is 35.2 Å². The second-order valence-electron chi connectivity index (χ2n) is 7.54. The van der Waals surface area contributed by atoms with Crippen LogP contribution < -0.4 is 11.1 Å². The maximum Gasteiger partial charge on any atom is 0.255 e. The molecule has 0 unspecified atom stereocenters. The second-order valence-corrected chi connectivity index (χ2v) is 8.45. The van der Waals surface area contributed by atoms with Crippen LogP contribution in [-0.4, -0.2) is 28.0 Å². The molecule has 3 aromatic rings. The summed E-state index contributed by atoms with van der Waals surface area (Å²) in [7, 11) is 0. The van der Waals surface area contributed by atoms with Crippen molar-refractivity contribution < 1.29 is 13.9 Å². The quantitative estimate of drug-likeness (QED) is 0.537. The molecule has 1 amide bonds. The van der Waals surface area contributed by atoms with E-state index < -0.39 is 5.82 Å². The Morgan fingerprint density at radius 2 is 1.94 bits per heavy atom. The standard InChI is InChI=1S/C23H22BrFN4O2/c24-17-6-4-14(5-7-17)13-31-21-3-1-2-20(21)29-23(30)19-9-16(11-28-22(19)26)15-8-18(25)12-27-10-15/h4-12,20-21H,1-3,13H2,(H2,26,28)(H,29,30)/t20-,21-/m0/s1. The summed E-state index contributed by atoms with van der Waals surface area (Å²) in [5.41, 5.74) is 8.38. The van der Waals surface area contributed by atoms with Crippen molar-refractivity contribution in [1.29, 1.82) is 0 Å². The molecule has 0 aliphatic heterocycles. The van der Waals surface area contributed by atoms with Gasteiger partial charge in [0.1, 0.15) is 11.6 Å². The first-order valence-corrected chi connectivity index (χ1v) is 10.8. The smallest absolute Gasteiger partial charge is 0.255 e. The molecule has 0 spiro atoms. The lowest BCUT2D eigenvalue weighted by Gasteiger charge is -2.22. The molecule has 31 heavy (non-hydrogen) atoms. The van der Waals surface area contributed by atoms with E-state index in [1.165, 1.54) is 18.5 Å². The summed E-state index contributed by atoms with van der Waals surface area (Å²) >= 11 is 3.43. The molecule has 1 aliphatic carbocycles. The molecule has 3 N–H and O–H groups in total. The highest BCUT2D eigenvalue weighted by atomic mass is 79.9. The van der Waals surface area contributed by atoms with Crippen molar-refractivity contribution >= 4 is 27.7 Å². The highest BCUT2D eigenvalue weighted by Gasteiger charge is 2.30. The molecule has 2 aromatic heterocycles. The Kier molecular flexibility index (Phi) is 6.58. The number of anilines is 1. The van der Waals surface area contributed by atoms with Gasteiger partial charge in [0.15, 0.2) is 0 Å². The molecule has 1 aliphatic rings. The molecule has 2 heterocycles. The molecule has 4 rings (SSSR count). The molecule has 8 heteroatoms. The van der Waals surface area contributed by atoms with E-state index in [0.717, 1.165) is 35.5 Å². The van der Waals surface area contributed by atoms with Crippen molar-refractivity contribution in [2.24, 2.45) is 0 Å². The molecule has 160 valence electrons. The Balaban J connectivity index is 1.44. The number of ether oxygens (including phenoxy) is 1. The lowest BCUT2D eigenvalue weighted by Crippen LogP contribution is -2.41. The second kappa shape index (κ2) is 9.53. The normalized spacial score (nSPS) is 18.1. The number of pyridine rings is 2. The van der Waals surface area contributed by atoms with Gasteiger partial charge in [-0.1, -0.05) is 28.1 Å². The van der Waals surface area contributed by atoms with E-state index in [9.17, 15) is 9.18 Å². The minimum Gasteiger partial charge on any atom is -0.383 e. The topological polar surface area (TPSA) is 90.1 Å². The van der Waals surface area contributed by atoms with Crippen molar-refractivity contribution in [3.8, 4) is 11.1 Å². The number of amides is 1. The van der Waals surface area contributed by atoms with E-state index in [4.69, 9.17) is 10.5 Å². The number of rotatable bonds is 6. The van der Waals surface area contributed by atoms with Crippen molar-refractivity contribution in [2.45, 2.75) is 38.0 Å². The molecular formula is C23H22BrFN4O2. The van der Waals surface area contributed by atoms with Crippen LogP contribution >= 0.6 is 15.9 Å². The molecule has 6 nitrogen and oxygen atoms in total. The van der Waals surface area contributed by atoms with Crippen LogP contribution in [0.4, 0.5) is 10.2 Å². The third-order valence-electron chi connectivity index (χ3n) is 5.35. The molecule has 1 saturated carbocycles. The highest BCUT2D eigenvalue weighted by Crippen LogP contribution is 2.26. The van der Waals surface area contributed by atoms with Gasteiger partial charge in [-0.25, -0.2) is 9.37 Å². The fourth-order valence-corrected chi connectivity index (χ4v) is 3.97. The van der Waals surface area contributed by atoms with Crippen LogP contribution in [0.25, 0.3) is 11.1 Å². The Labute approximate surface area is 188 Å². The first kappa shape index (κ1) is 21.4. The summed E-state index contributed by atoms with van der Waals surface area (Å²) in [6, 6.07) is 10.8. The van der Waals surface area contributed by atoms with Crippen molar-refractivity contribution in [2.75, 3.05) is 5.73 Å². The Morgan fingerprint density at radius 3 is 2.71 bits per heavy atom. The van der Waals surface area contributed by atoms with Gasteiger partial charge in [-0.2, -0.15) is 0 Å². The van der Waals surface area contributed by atoms with Crippen LogP contribution in [0.2, 0.25) is 0 Å². The lowest BCUT2D eigenvalue weighted by molar-refractivity contribution is 0.0272. The minimum atomic E-state index is -0.461. The number of carbonyl (C=O) groups excluding carboxylic acids is 1. The molecule has 1 aromatic carbocycles. The van der Waals surface area contributed by atoms with Gasteiger partial charge in [0.25, 0.3) is 5.91 Å². The van der Waals surface area contributed by atoms with Crippen LogP contribution in [0.3, 0.4) is 0 Å². The number of aromatic nitrogens is 2. The zero-order valence-electron chi connectivity index (χ0n) is 16.7. The molecule has 1 fully saturated rings. The predicted molar refractivity (Wildman–Crippen MR) is 120 cm³/mol. The maximum atomic E-state index is 13.5. The number of carbonyl (C=O) groups is 1. The van der Waals surface area contributed by atoms with E-state index in [1.54, 1.807) is 6.07 Å². The molecule has 2 atom stereocenters. The van der Waals surface area contributed by atoms with E-state index in [0.29, 0.717) is 17.7 Å². The highest BCUT2D eigenvalue weighted by molar-refractivity contribution is 9.10. The number of nitrogens with zero attached hydrogens (tertiary/aromatic N) is 2. The summed E-state index contributed by atoms with van der Waals surface area (Å²) in [5, 5.41) is 3.04. The first-order chi connectivity index (χ1) is 15.0. The zero-order valence-corrected chi connectivity index (χ0v) is 18.3. The molecular weight excluding hydrogens is 463 g/mol. The van der Waals surface area contributed by atoms with Crippen molar-refractivity contribution in [1.82, 2.24) is 15.3 Å². The van der Waals surface area contributed by atoms with Gasteiger partial charge in [-0.3, -0.25) is 9.78 Å². The van der Waals surface area contributed by atoms with Gasteiger partial charge >= 0.3 is 0 Å². The summed E-state index contributed by atoms with van der Waals surface area (Å²) < 4.78 is 20.6. The van der Waals surface area contributed by atoms with Crippen LogP contribution in [0.15, 0.2) is 59.5 Å². The van der Waals surface area contributed by atoms with E-state index in [-0.39, 0.29) is 29.4 Å². The fourth-order valence-electron chi connectivity index (χ4n) is 3.71. The Morgan fingerprint density at radius 1 is 1.16 bits per heavy atom. The Hall–Kier alpha value is -2.84. The molecule has 0 radical (unpaired) electrons. The first-order valence-electron chi connectivity index (χ1n) is 10.0. The van der Waals surface area contributed by atoms with Gasteiger partial charge in [-0.15, -0.1) is 0 Å². The maximum absolute atomic E-state index is 13.5. The van der Waals surface area contributed by atoms with Crippen molar-refractivity contribution in [3.63, 3.8) is 0 Å². The van der Waals surface area contributed by atoms with Gasteiger partial charge in [0.05, 0.1) is 30.5 Å². The number of nitrogens with two attached hydrogens (primary N) is 1. The molecule has 0 bridgehead atoms. The number of nitrogens with one attached hydrogen (secondary N) is 1. The number of hydrogen-bond acceptors (Lipinski definition) is 5. The van der Waals surface area contributed by atoms with Crippen LogP contribution in [0, 0.1) is 5.82 Å². The lowest BCUT2D eigenvalue weighted by atomic mass is 10.1. The van der Waals surface area contributed by atoms with Gasteiger partial charge in [0.2, 0.25) is 0 Å². The Bertz CT molecular complexity index is 1080. The van der Waals surface area contributed by atoms with Gasteiger partial charge < -0.3 is 15.8 Å². The van der Waals surface area contributed by atoms with E-state index in [2.05, 4.69) is 31.2 Å². The van der Waals surface area contributed by atoms with E-state index >= 15 is 0 Å². The summed E-state index contributed by atoms with van der Waals surface area (Å²) in [5.74, 6) is -0.659. The number of benzene rings is 1. The third kappa shape index (κ3) is 5.26. The predicted octanol–water partition coefficient (Wildman–Crippen LogP) is 4.50. The number of hydrogen-bond donors (Lipinski definition) is 2. The third-order valence-corrected chi connectivity index (χ3v) is 5.88. The SMILES string of the molecule is Nc1ncc(-c2cncc(F)c2)cc1C(=O)N[C@H]1CCC[C@@H]1OCc1ccc(Br)cc1.